The van der Waals surface area contributed by atoms with Crippen molar-refractivity contribution >= 4 is 5.97 Å². The van der Waals surface area contributed by atoms with Crippen LogP contribution in [0.25, 0.3) is 0 Å². The number of aliphatic hydroxyl groups is 2. The normalized spacial score (nSPS) is 22.0. The van der Waals surface area contributed by atoms with Crippen LogP contribution in [0.5, 0.6) is 0 Å². The van der Waals surface area contributed by atoms with E-state index in [0.717, 1.165) is 49.7 Å². The minimum Gasteiger partial charge on any atom is -0.508 e. The summed E-state index contributed by atoms with van der Waals surface area (Å²) in [6.45, 7) is 12.2. The summed E-state index contributed by atoms with van der Waals surface area (Å²) in [6.07, 6.45) is 14.8. The Morgan fingerprint density at radius 2 is 1.69 bits per heavy atom. The number of carbonyl (C=O) groups is 1. The molecule has 0 amide bonds. The SMILES string of the molecule is CC1=C(O)C(CCC(C)CCC/C(C)=C/CC/C(C)=C/CCC(C)C(=O)O)=CC(O)C1C. The molecule has 4 atom stereocenters. The number of rotatable bonds is 14. The maximum atomic E-state index is 10.9. The summed E-state index contributed by atoms with van der Waals surface area (Å²) < 4.78 is 0. The molecule has 0 aliphatic heterocycles. The standard InChI is InChI=1S/C28H46O4/c1-19(10-7-11-20(2)14-9-15-22(4)28(31)32)12-8-13-21(3)16-17-25-18-26(29)23(5)24(6)27(25)30/h10,14,18,21-23,26,29-30H,7-9,11-13,15-17H2,1-6H3,(H,31,32)/b19-10+,20-14+. The van der Waals surface area contributed by atoms with Gasteiger partial charge in [-0.05, 0) is 95.3 Å². The fourth-order valence-electron chi connectivity index (χ4n) is 4.09. The van der Waals surface area contributed by atoms with E-state index in [-0.39, 0.29) is 11.8 Å². The van der Waals surface area contributed by atoms with E-state index < -0.39 is 12.1 Å². The molecule has 0 heterocycles. The predicted octanol–water partition coefficient (Wildman–Crippen LogP) is 7.52. The third-order valence-electron chi connectivity index (χ3n) is 6.96. The number of hydrogen-bond donors (Lipinski definition) is 3. The molecule has 0 aromatic carbocycles. The third-order valence-corrected chi connectivity index (χ3v) is 6.96. The Hall–Kier alpha value is -1.81. The summed E-state index contributed by atoms with van der Waals surface area (Å²) in [5.74, 6) is -0.0231. The molecule has 0 bridgehead atoms. The molecular formula is C28H46O4. The van der Waals surface area contributed by atoms with Crippen molar-refractivity contribution in [2.75, 3.05) is 0 Å². The molecule has 4 nitrogen and oxygen atoms in total. The monoisotopic (exact) mass is 446 g/mol. The molecule has 4 unspecified atom stereocenters. The lowest BCUT2D eigenvalue weighted by atomic mass is 9.84. The predicted molar refractivity (Wildman–Crippen MR) is 134 cm³/mol. The lowest BCUT2D eigenvalue weighted by molar-refractivity contribution is -0.141. The molecule has 0 fully saturated rings. The quantitative estimate of drug-likeness (QED) is 0.241. The highest BCUT2D eigenvalue weighted by atomic mass is 16.4. The molecule has 0 aromatic rings. The number of aliphatic carboxylic acids is 1. The van der Waals surface area contributed by atoms with Gasteiger partial charge in [0.05, 0.1) is 12.0 Å². The largest absolute Gasteiger partial charge is 0.508 e. The number of aliphatic hydroxyl groups excluding tert-OH is 2. The van der Waals surface area contributed by atoms with Gasteiger partial charge in [0.25, 0.3) is 0 Å². The molecule has 1 aliphatic rings. The summed E-state index contributed by atoms with van der Waals surface area (Å²) in [7, 11) is 0. The van der Waals surface area contributed by atoms with Gasteiger partial charge in [0, 0.05) is 5.92 Å². The van der Waals surface area contributed by atoms with Crippen molar-refractivity contribution in [3.05, 3.63) is 46.3 Å². The summed E-state index contributed by atoms with van der Waals surface area (Å²) in [5, 5.41) is 29.4. The Morgan fingerprint density at radius 1 is 1.06 bits per heavy atom. The first-order valence-corrected chi connectivity index (χ1v) is 12.4. The van der Waals surface area contributed by atoms with E-state index in [4.69, 9.17) is 5.11 Å². The molecule has 0 radical (unpaired) electrons. The van der Waals surface area contributed by atoms with E-state index >= 15 is 0 Å². The molecule has 0 spiro atoms. The lowest BCUT2D eigenvalue weighted by Gasteiger charge is -2.26. The Labute approximate surface area is 195 Å². The molecule has 1 aliphatic carbocycles. The Bertz CT molecular complexity index is 726. The second kappa shape index (κ2) is 14.4. The van der Waals surface area contributed by atoms with Gasteiger partial charge >= 0.3 is 5.97 Å². The van der Waals surface area contributed by atoms with Crippen molar-refractivity contribution in [3.63, 3.8) is 0 Å². The van der Waals surface area contributed by atoms with Gasteiger partial charge in [-0.2, -0.15) is 0 Å². The highest BCUT2D eigenvalue weighted by Crippen LogP contribution is 2.32. The smallest absolute Gasteiger partial charge is 0.306 e. The van der Waals surface area contributed by atoms with Crippen LogP contribution in [0.2, 0.25) is 0 Å². The van der Waals surface area contributed by atoms with E-state index in [1.165, 1.54) is 24.0 Å². The van der Waals surface area contributed by atoms with Crippen LogP contribution in [-0.4, -0.2) is 27.4 Å². The number of allylic oxidation sites excluding steroid dienone is 5. The highest BCUT2D eigenvalue weighted by molar-refractivity contribution is 5.69. The first-order valence-electron chi connectivity index (χ1n) is 12.4. The zero-order valence-corrected chi connectivity index (χ0v) is 21.2. The first-order chi connectivity index (χ1) is 15.0. The van der Waals surface area contributed by atoms with Gasteiger partial charge in [-0.3, -0.25) is 4.79 Å². The van der Waals surface area contributed by atoms with E-state index in [1.807, 2.05) is 19.9 Å². The van der Waals surface area contributed by atoms with E-state index in [2.05, 4.69) is 32.9 Å². The topological polar surface area (TPSA) is 77.8 Å². The highest BCUT2D eigenvalue weighted by Gasteiger charge is 2.24. The number of carboxylic acid groups (broad SMARTS) is 1. The second-order valence-electron chi connectivity index (χ2n) is 10.00. The van der Waals surface area contributed by atoms with Crippen LogP contribution in [0.1, 0.15) is 99.3 Å². The van der Waals surface area contributed by atoms with Crippen LogP contribution in [0, 0.1) is 17.8 Å². The maximum absolute atomic E-state index is 10.9. The fourth-order valence-corrected chi connectivity index (χ4v) is 4.09. The fraction of sp³-hybridized carbons (Fsp3) is 0.679. The van der Waals surface area contributed by atoms with E-state index in [1.54, 1.807) is 6.92 Å². The van der Waals surface area contributed by atoms with Crippen molar-refractivity contribution in [3.8, 4) is 0 Å². The van der Waals surface area contributed by atoms with Crippen molar-refractivity contribution in [1.82, 2.24) is 0 Å². The van der Waals surface area contributed by atoms with Crippen molar-refractivity contribution < 1.29 is 20.1 Å². The zero-order valence-electron chi connectivity index (χ0n) is 21.2. The molecule has 32 heavy (non-hydrogen) atoms. The molecule has 4 heteroatoms. The molecule has 0 saturated heterocycles. The van der Waals surface area contributed by atoms with Crippen molar-refractivity contribution in [2.45, 2.75) is 105 Å². The number of carboxylic acids is 1. The van der Waals surface area contributed by atoms with Crippen LogP contribution in [0.3, 0.4) is 0 Å². The third kappa shape index (κ3) is 10.2. The van der Waals surface area contributed by atoms with Crippen molar-refractivity contribution in [1.29, 1.82) is 0 Å². The summed E-state index contributed by atoms with van der Waals surface area (Å²) in [5.41, 5.74) is 4.57. The Kier molecular flexibility index (Phi) is 12.7. The number of hydrogen-bond acceptors (Lipinski definition) is 3. The molecule has 182 valence electrons. The summed E-state index contributed by atoms with van der Waals surface area (Å²) in [4.78, 5) is 10.9. The van der Waals surface area contributed by atoms with Crippen LogP contribution in [0.4, 0.5) is 0 Å². The molecule has 3 N–H and O–H groups in total. The van der Waals surface area contributed by atoms with Gasteiger partial charge in [-0.25, -0.2) is 0 Å². The zero-order chi connectivity index (χ0) is 24.3. The van der Waals surface area contributed by atoms with Gasteiger partial charge < -0.3 is 15.3 Å². The maximum Gasteiger partial charge on any atom is 0.306 e. The van der Waals surface area contributed by atoms with Gasteiger partial charge in [0.1, 0.15) is 5.76 Å². The van der Waals surface area contributed by atoms with Crippen LogP contribution < -0.4 is 0 Å². The van der Waals surface area contributed by atoms with Gasteiger partial charge in [0.15, 0.2) is 0 Å². The Morgan fingerprint density at radius 3 is 2.34 bits per heavy atom. The molecule has 1 rings (SSSR count). The van der Waals surface area contributed by atoms with Crippen LogP contribution >= 0.6 is 0 Å². The minimum absolute atomic E-state index is 0.00847. The minimum atomic E-state index is -0.714. The summed E-state index contributed by atoms with van der Waals surface area (Å²) in [6, 6.07) is 0. The van der Waals surface area contributed by atoms with Gasteiger partial charge in [0.2, 0.25) is 0 Å². The van der Waals surface area contributed by atoms with E-state index in [0.29, 0.717) is 18.1 Å². The average Bonchev–Trinajstić information content (AvgIpc) is 2.73. The van der Waals surface area contributed by atoms with Crippen LogP contribution in [0.15, 0.2) is 46.3 Å². The Balaban J connectivity index is 2.26. The molecular weight excluding hydrogens is 400 g/mol. The van der Waals surface area contributed by atoms with Gasteiger partial charge in [-0.15, -0.1) is 0 Å². The molecule has 0 aromatic heterocycles. The van der Waals surface area contributed by atoms with Crippen LogP contribution in [-0.2, 0) is 4.79 Å². The van der Waals surface area contributed by atoms with Crippen molar-refractivity contribution in [2.24, 2.45) is 17.8 Å². The molecule has 0 saturated carbocycles. The second-order valence-corrected chi connectivity index (χ2v) is 10.00. The average molecular weight is 447 g/mol. The lowest BCUT2D eigenvalue weighted by Crippen LogP contribution is -2.22. The summed E-state index contributed by atoms with van der Waals surface area (Å²) >= 11 is 0. The first kappa shape index (κ1) is 28.2. The van der Waals surface area contributed by atoms with Gasteiger partial charge in [-0.1, -0.05) is 50.5 Å². The van der Waals surface area contributed by atoms with E-state index in [9.17, 15) is 15.0 Å².